The Morgan fingerprint density at radius 2 is 2.00 bits per heavy atom. The number of hydrogen-bond acceptors (Lipinski definition) is 2. The lowest BCUT2D eigenvalue weighted by atomic mass is 9.81. The van der Waals surface area contributed by atoms with E-state index in [4.69, 9.17) is 10.8 Å². The Balaban J connectivity index is 3.95. The average molecular weight is 201 g/mol. The molecule has 0 saturated heterocycles. The van der Waals surface area contributed by atoms with Gasteiger partial charge in [0.05, 0.1) is 5.92 Å². The van der Waals surface area contributed by atoms with Gasteiger partial charge >= 0.3 is 5.97 Å². The summed E-state index contributed by atoms with van der Waals surface area (Å²) in [5, 5.41) is 8.82. The summed E-state index contributed by atoms with van der Waals surface area (Å²) in [5.41, 5.74) is 5.64. The van der Waals surface area contributed by atoms with Crippen LogP contribution in [0.15, 0.2) is 0 Å². The van der Waals surface area contributed by atoms with Gasteiger partial charge < -0.3 is 10.8 Å². The molecule has 0 heterocycles. The van der Waals surface area contributed by atoms with Crippen molar-refractivity contribution in [1.29, 1.82) is 0 Å². The first-order valence-corrected chi connectivity index (χ1v) is 5.36. The van der Waals surface area contributed by atoms with Crippen LogP contribution in [-0.2, 0) is 4.79 Å². The Bertz CT molecular complexity index is 178. The molecule has 0 fully saturated rings. The van der Waals surface area contributed by atoms with Crippen molar-refractivity contribution in [3.05, 3.63) is 0 Å². The molecule has 1 atom stereocenters. The second kappa shape index (κ2) is 6.02. The minimum atomic E-state index is -0.764. The predicted octanol–water partition coefficient (Wildman–Crippen LogP) is 2.25. The van der Waals surface area contributed by atoms with Crippen molar-refractivity contribution in [2.75, 3.05) is 6.54 Å². The van der Waals surface area contributed by atoms with E-state index in [2.05, 4.69) is 20.8 Å². The van der Waals surface area contributed by atoms with Gasteiger partial charge in [0, 0.05) is 6.54 Å². The first kappa shape index (κ1) is 13.4. The van der Waals surface area contributed by atoms with E-state index in [9.17, 15) is 4.79 Å². The van der Waals surface area contributed by atoms with Crippen LogP contribution in [0.4, 0.5) is 0 Å². The highest BCUT2D eigenvalue weighted by molar-refractivity contribution is 5.70. The molecule has 0 amide bonds. The predicted molar refractivity (Wildman–Crippen MR) is 58.1 cm³/mol. The maximum absolute atomic E-state index is 10.7. The molecular weight excluding hydrogens is 178 g/mol. The van der Waals surface area contributed by atoms with Gasteiger partial charge in [-0.25, -0.2) is 0 Å². The summed E-state index contributed by atoms with van der Waals surface area (Å²) in [4.78, 5) is 10.7. The van der Waals surface area contributed by atoms with Crippen LogP contribution in [0.1, 0.15) is 46.5 Å². The van der Waals surface area contributed by atoms with Crippen LogP contribution in [-0.4, -0.2) is 17.6 Å². The quantitative estimate of drug-likeness (QED) is 0.664. The molecule has 0 aromatic rings. The molecule has 0 saturated carbocycles. The average Bonchev–Trinajstić information content (AvgIpc) is 2.04. The fourth-order valence-electron chi connectivity index (χ4n) is 1.71. The zero-order valence-electron chi connectivity index (χ0n) is 9.55. The van der Waals surface area contributed by atoms with Gasteiger partial charge in [0.2, 0.25) is 0 Å². The van der Waals surface area contributed by atoms with Crippen molar-refractivity contribution >= 4 is 5.97 Å². The second-order valence-corrected chi connectivity index (χ2v) is 4.72. The highest BCUT2D eigenvalue weighted by Crippen LogP contribution is 2.29. The van der Waals surface area contributed by atoms with E-state index in [-0.39, 0.29) is 17.9 Å². The minimum absolute atomic E-state index is 0.248. The minimum Gasteiger partial charge on any atom is -0.481 e. The van der Waals surface area contributed by atoms with Crippen LogP contribution < -0.4 is 5.73 Å². The van der Waals surface area contributed by atoms with Gasteiger partial charge in [-0.1, -0.05) is 27.2 Å². The zero-order valence-corrected chi connectivity index (χ0v) is 9.55. The smallest absolute Gasteiger partial charge is 0.307 e. The summed E-state index contributed by atoms with van der Waals surface area (Å²) in [6.45, 7) is 6.77. The van der Waals surface area contributed by atoms with Crippen LogP contribution in [0, 0.1) is 11.3 Å². The van der Waals surface area contributed by atoms with E-state index in [1.54, 1.807) is 0 Å². The third-order valence-corrected chi connectivity index (χ3v) is 2.73. The lowest BCUT2D eigenvalue weighted by molar-refractivity contribution is -0.141. The molecule has 0 aliphatic carbocycles. The number of carboxylic acids is 1. The summed E-state index contributed by atoms with van der Waals surface area (Å²) >= 11 is 0. The molecule has 0 aliphatic rings. The van der Waals surface area contributed by atoms with Gasteiger partial charge in [-0.15, -0.1) is 0 Å². The van der Waals surface area contributed by atoms with Gasteiger partial charge in [0.1, 0.15) is 0 Å². The van der Waals surface area contributed by atoms with Crippen LogP contribution >= 0.6 is 0 Å². The summed E-state index contributed by atoms with van der Waals surface area (Å²) in [6, 6.07) is 0. The standard InChI is InChI=1S/C11H23NO2/c1-4-6-11(2,3)7-5-9(8-12)10(13)14/h9H,4-8,12H2,1-3H3,(H,13,14). The molecule has 3 N–H and O–H groups in total. The molecule has 0 aromatic carbocycles. The van der Waals surface area contributed by atoms with E-state index in [1.165, 1.54) is 0 Å². The second-order valence-electron chi connectivity index (χ2n) is 4.72. The SMILES string of the molecule is CCCC(C)(C)CCC(CN)C(=O)O. The van der Waals surface area contributed by atoms with E-state index in [1.807, 2.05) is 0 Å². The lowest BCUT2D eigenvalue weighted by Gasteiger charge is -2.25. The first-order valence-electron chi connectivity index (χ1n) is 5.36. The van der Waals surface area contributed by atoms with E-state index in [0.717, 1.165) is 19.3 Å². The molecule has 0 radical (unpaired) electrons. The normalized spacial score (nSPS) is 14.0. The van der Waals surface area contributed by atoms with Crippen molar-refractivity contribution in [2.45, 2.75) is 46.5 Å². The summed E-state index contributed by atoms with van der Waals surface area (Å²) in [5.74, 6) is -1.13. The molecule has 84 valence electrons. The van der Waals surface area contributed by atoms with Crippen molar-refractivity contribution in [2.24, 2.45) is 17.1 Å². The van der Waals surface area contributed by atoms with Gasteiger partial charge in [0.25, 0.3) is 0 Å². The number of carboxylic acid groups (broad SMARTS) is 1. The third-order valence-electron chi connectivity index (χ3n) is 2.73. The molecule has 0 aromatic heterocycles. The fraction of sp³-hybridized carbons (Fsp3) is 0.909. The number of rotatable bonds is 7. The van der Waals surface area contributed by atoms with Crippen molar-refractivity contribution in [1.82, 2.24) is 0 Å². The topological polar surface area (TPSA) is 63.3 Å². The molecular formula is C11H23NO2. The van der Waals surface area contributed by atoms with E-state index in [0.29, 0.717) is 6.42 Å². The van der Waals surface area contributed by atoms with Crippen molar-refractivity contribution in [3.8, 4) is 0 Å². The Hall–Kier alpha value is -0.570. The van der Waals surface area contributed by atoms with Crippen LogP contribution in [0.3, 0.4) is 0 Å². The molecule has 14 heavy (non-hydrogen) atoms. The Morgan fingerprint density at radius 1 is 1.43 bits per heavy atom. The van der Waals surface area contributed by atoms with Gasteiger partial charge in [-0.05, 0) is 24.7 Å². The summed E-state index contributed by atoms with van der Waals surface area (Å²) < 4.78 is 0. The van der Waals surface area contributed by atoms with Crippen LogP contribution in [0.5, 0.6) is 0 Å². The number of hydrogen-bond donors (Lipinski definition) is 2. The van der Waals surface area contributed by atoms with Gasteiger partial charge in [-0.3, -0.25) is 4.79 Å². The zero-order chi connectivity index (χ0) is 11.2. The van der Waals surface area contributed by atoms with Crippen LogP contribution in [0.25, 0.3) is 0 Å². The molecule has 3 nitrogen and oxygen atoms in total. The lowest BCUT2D eigenvalue weighted by Crippen LogP contribution is -2.25. The maximum atomic E-state index is 10.7. The van der Waals surface area contributed by atoms with Crippen molar-refractivity contribution < 1.29 is 9.90 Å². The highest BCUT2D eigenvalue weighted by Gasteiger charge is 2.21. The number of nitrogens with two attached hydrogens (primary N) is 1. The van der Waals surface area contributed by atoms with Crippen molar-refractivity contribution in [3.63, 3.8) is 0 Å². The third kappa shape index (κ3) is 5.22. The van der Waals surface area contributed by atoms with Gasteiger partial charge in [0.15, 0.2) is 0 Å². The number of carbonyl (C=O) groups is 1. The van der Waals surface area contributed by atoms with Crippen LogP contribution in [0.2, 0.25) is 0 Å². The Morgan fingerprint density at radius 3 is 2.36 bits per heavy atom. The van der Waals surface area contributed by atoms with Gasteiger partial charge in [-0.2, -0.15) is 0 Å². The molecule has 0 aliphatic heterocycles. The molecule has 1 unspecified atom stereocenters. The van der Waals surface area contributed by atoms with E-state index < -0.39 is 5.97 Å². The maximum Gasteiger partial charge on any atom is 0.307 e. The fourth-order valence-corrected chi connectivity index (χ4v) is 1.71. The Kier molecular flexibility index (Phi) is 5.77. The highest BCUT2D eigenvalue weighted by atomic mass is 16.4. The number of aliphatic carboxylic acids is 1. The molecule has 3 heteroatoms. The molecule has 0 spiro atoms. The molecule has 0 bridgehead atoms. The monoisotopic (exact) mass is 201 g/mol. The first-order chi connectivity index (χ1) is 6.43. The largest absolute Gasteiger partial charge is 0.481 e. The summed E-state index contributed by atoms with van der Waals surface area (Å²) in [7, 11) is 0. The van der Waals surface area contributed by atoms with E-state index >= 15 is 0 Å². The molecule has 0 rings (SSSR count). The summed E-state index contributed by atoms with van der Waals surface area (Å²) in [6.07, 6.45) is 3.92. The Labute approximate surface area is 86.7 Å².